The standard InChI is InChI=1S/C25H32N4O13/c1-2-22(35)39-26-14(3-6-17(26)30)11-23(36)40-27-15(4-7-18(27)31)12-24(37)41-28-16(5-8-19(28)32)13-25(38)42-29-20(33)9-10-21(29)34/h14-16,20,33H,2-13H2,1H3. The Kier molecular flexibility index (Phi) is 9.59. The molecule has 4 aliphatic heterocycles. The van der Waals surface area contributed by atoms with Crippen molar-refractivity contribution in [2.24, 2.45) is 0 Å². The lowest BCUT2D eigenvalue weighted by Crippen LogP contribution is -2.42. The predicted molar refractivity (Wildman–Crippen MR) is 130 cm³/mol. The third kappa shape index (κ3) is 7.13. The largest absolute Gasteiger partial charge is 0.370 e. The van der Waals surface area contributed by atoms with Gasteiger partial charge in [0.1, 0.15) is 0 Å². The molecule has 4 atom stereocenters. The highest BCUT2D eigenvalue weighted by molar-refractivity contribution is 5.85. The molecular formula is C25H32N4O13. The minimum absolute atomic E-state index is 0.0170. The van der Waals surface area contributed by atoms with Crippen LogP contribution in [0, 0.1) is 0 Å². The second-order valence-electron chi connectivity index (χ2n) is 10.3. The topological polar surface area (TPSA) is 207 Å². The fourth-order valence-corrected chi connectivity index (χ4v) is 5.05. The molecule has 0 aromatic carbocycles. The summed E-state index contributed by atoms with van der Waals surface area (Å²) in [5.41, 5.74) is 0. The van der Waals surface area contributed by atoms with E-state index in [1.54, 1.807) is 6.92 Å². The molecule has 0 aromatic rings. The first-order chi connectivity index (χ1) is 20.0. The average Bonchev–Trinajstić information content (AvgIpc) is 3.66. The lowest BCUT2D eigenvalue weighted by molar-refractivity contribution is -0.225. The zero-order valence-corrected chi connectivity index (χ0v) is 22.9. The van der Waals surface area contributed by atoms with Crippen LogP contribution in [0.2, 0.25) is 0 Å². The Morgan fingerprint density at radius 2 is 0.881 bits per heavy atom. The van der Waals surface area contributed by atoms with Crippen LogP contribution in [0.1, 0.15) is 84.0 Å². The summed E-state index contributed by atoms with van der Waals surface area (Å²) in [4.78, 5) is 118. The van der Waals surface area contributed by atoms with Gasteiger partial charge >= 0.3 is 23.9 Å². The van der Waals surface area contributed by atoms with Crippen LogP contribution in [0.4, 0.5) is 0 Å². The van der Waals surface area contributed by atoms with Gasteiger partial charge in [0.05, 0.1) is 37.4 Å². The quantitative estimate of drug-likeness (QED) is 0.314. The molecule has 4 unspecified atom stereocenters. The summed E-state index contributed by atoms with van der Waals surface area (Å²) in [5, 5.41) is 12.7. The summed E-state index contributed by atoms with van der Waals surface area (Å²) in [6, 6.07) is -2.53. The van der Waals surface area contributed by atoms with E-state index >= 15 is 0 Å². The van der Waals surface area contributed by atoms with Gasteiger partial charge in [0, 0.05) is 38.5 Å². The number of hydrogen-bond acceptors (Lipinski definition) is 13. The molecule has 0 spiro atoms. The van der Waals surface area contributed by atoms with Crippen molar-refractivity contribution >= 4 is 47.5 Å². The van der Waals surface area contributed by atoms with Gasteiger partial charge in [-0.25, -0.2) is 19.2 Å². The first kappa shape index (κ1) is 30.7. The van der Waals surface area contributed by atoms with E-state index in [0.717, 1.165) is 15.2 Å². The molecule has 4 aliphatic rings. The SMILES string of the molecule is CCC(=O)ON1C(=O)CCC1CC(=O)ON1C(=O)CCC1CC(=O)ON1C(=O)CCC1CC(=O)ON1C(=O)CCC1O. The number of hydrogen-bond donors (Lipinski definition) is 1. The highest BCUT2D eigenvalue weighted by atomic mass is 16.7. The molecule has 17 nitrogen and oxygen atoms in total. The molecule has 4 rings (SSSR count). The van der Waals surface area contributed by atoms with E-state index in [2.05, 4.69) is 0 Å². The van der Waals surface area contributed by atoms with E-state index in [9.17, 15) is 43.5 Å². The van der Waals surface area contributed by atoms with Crippen molar-refractivity contribution in [3.05, 3.63) is 0 Å². The Morgan fingerprint density at radius 3 is 1.21 bits per heavy atom. The van der Waals surface area contributed by atoms with E-state index < -0.39 is 84.7 Å². The number of carbonyl (C=O) groups excluding carboxylic acids is 8. The van der Waals surface area contributed by atoms with Crippen LogP contribution in [0.5, 0.6) is 0 Å². The van der Waals surface area contributed by atoms with Crippen molar-refractivity contribution in [1.82, 2.24) is 20.3 Å². The van der Waals surface area contributed by atoms with Gasteiger partial charge < -0.3 is 24.5 Å². The van der Waals surface area contributed by atoms with Crippen LogP contribution in [0.3, 0.4) is 0 Å². The Morgan fingerprint density at radius 1 is 0.571 bits per heavy atom. The van der Waals surface area contributed by atoms with Crippen LogP contribution >= 0.6 is 0 Å². The zero-order chi connectivity index (χ0) is 30.6. The molecule has 230 valence electrons. The molecule has 0 aromatic heterocycles. The molecule has 42 heavy (non-hydrogen) atoms. The van der Waals surface area contributed by atoms with E-state index in [4.69, 9.17) is 19.4 Å². The second kappa shape index (κ2) is 13.1. The third-order valence-electron chi connectivity index (χ3n) is 7.24. The van der Waals surface area contributed by atoms with Gasteiger partial charge in [0.2, 0.25) is 0 Å². The van der Waals surface area contributed by atoms with Crippen LogP contribution in [0.25, 0.3) is 0 Å². The Hall–Kier alpha value is -4.28. The molecule has 0 radical (unpaired) electrons. The summed E-state index contributed by atoms with van der Waals surface area (Å²) in [5.74, 6) is -5.50. The van der Waals surface area contributed by atoms with Crippen molar-refractivity contribution in [2.75, 3.05) is 0 Å². The third-order valence-corrected chi connectivity index (χ3v) is 7.24. The maximum Gasteiger partial charge on any atom is 0.334 e. The number of nitrogens with zero attached hydrogens (tertiary/aromatic N) is 4. The summed E-state index contributed by atoms with van der Waals surface area (Å²) < 4.78 is 0. The van der Waals surface area contributed by atoms with Crippen LogP contribution < -0.4 is 0 Å². The Bertz CT molecular complexity index is 1160. The summed E-state index contributed by atoms with van der Waals surface area (Å²) in [6.07, 6.45) is -1.72. The van der Waals surface area contributed by atoms with Crippen molar-refractivity contribution in [3.8, 4) is 0 Å². The maximum absolute atomic E-state index is 12.7. The van der Waals surface area contributed by atoms with E-state index in [0.29, 0.717) is 5.06 Å². The summed E-state index contributed by atoms with van der Waals surface area (Å²) >= 11 is 0. The number of hydroxylamine groups is 8. The van der Waals surface area contributed by atoms with Gasteiger partial charge in [-0.3, -0.25) is 19.2 Å². The molecule has 4 amide bonds. The smallest absolute Gasteiger partial charge is 0.334 e. The van der Waals surface area contributed by atoms with Gasteiger partial charge in [0.15, 0.2) is 6.23 Å². The van der Waals surface area contributed by atoms with E-state index in [-0.39, 0.29) is 64.2 Å². The average molecular weight is 597 g/mol. The molecule has 1 N–H and O–H groups in total. The van der Waals surface area contributed by atoms with Gasteiger partial charge in [0.25, 0.3) is 23.6 Å². The summed E-state index contributed by atoms with van der Waals surface area (Å²) in [6.45, 7) is 1.55. The molecule has 0 saturated carbocycles. The van der Waals surface area contributed by atoms with Crippen LogP contribution in [0.15, 0.2) is 0 Å². The monoisotopic (exact) mass is 596 g/mol. The highest BCUT2D eigenvalue weighted by Gasteiger charge is 2.42. The molecule has 0 aliphatic carbocycles. The van der Waals surface area contributed by atoms with Crippen LogP contribution in [-0.2, 0) is 57.7 Å². The minimum Gasteiger partial charge on any atom is -0.370 e. The second-order valence-corrected chi connectivity index (χ2v) is 10.3. The molecule has 0 bridgehead atoms. The number of carbonyl (C=O) groups is 8. The fraction of sp³-hybridized carbons (Fsp3) is 0.680. The molecule has 17 heteroatoms. The van der Waals surface area contributed by atoms with Crippen molar-refractivity contribution in [1.29, 1.82) is 0 Å². The van der Waals surface area contributed by atoms with Gasteiger partial charge in [-0.2, -0.15) is 15.2 Å². The molecule has 4 saturated heterocycles. The molecular weight excluding hydrogens is 564 g/mol. The lowest BCUT2D eigenvalue weighted by Gasteiger charge is -2.26. The van der Waals surface area contributed by atoms with Crippen LogP contribution in [-0.4, -0.2) is 97.2 Å². The van der Waals surface area contributed by atoms with Crippen molar-refractivity contribution < 1.29 is 62.8 Å². The normalized spacial score (nSPS) is 25.9. The first-order valence-electron chi connectivity index (χ1n) is 13.8. The number of amides is 4. The maximum atomic E-state index is 12.7. The fourth-order valence-electron chi connectivity index (χ4n) is 5.05. The number of aliphatic hydroxyl groups is 1. The van der Waals surface area contributed by atoms with Gasteiger partial charge in [-0.05, 0) is 19.3 Å². The van der Waals surface area contributed by atoms with Crippen molar-refractivity contribution in [3.63, 3.8) is 0 Å². The molecule has 4 fully saturated rings. The van der Waals surface area contributed by atoms with Gasteiger partial charge in [-0.15, -0.1) is 5.06 Å². The predicted octanol–water partition coefficient (Wildman–Crippen LogP) is -0.687. The van der Waals surface area contributed by atoms with Crippen molar-refractivity contribution in [2.45, 2.75) is 108 Å². The van der Waals surface area contributed by atoms with E-state index in [1.807, 2.05) is 0 Å². The van der Waals surface area contributed by atoms with E-state index in [1.165, 1.54) is 0 Å². The Balaban J connectivity index is 1.28. The Labute approximate surface area is 239 Å². The minimum atomic E-state index is -1.26. The van der Waals surface area contributed by atoms with Gasteiger partial charge in [-0.1, -0.05) is 6.92 Å². The first-order valence-corrected chi connectivity index (χ1v) is 13.8. The zero-order valence-electron chi connectivity index (χ0n) is 22.9. The highest BCUT2D eigenvalue weighted by Crippen LogP contribution is 2.28. The lowest BCUT2D eigenvalue weighted by atomic mass is 10.1. The molecule has 4 heterocycles. The summed E-state index contributed by atoms with van der Waals surface area (Å²) in [7, 11) is 0. The number of aliphatic hydroxyl groups excluding tert-OH is 1. The number of rotatable bonds is 11.